The summed E-state index contributed by atoms with van der Waals surface area (Å²) in [5.74, 6) is 0.623. The van der Waals surface area contributed by atoms with E-state index in [1.807, 2.05) is 12.1 Å². The Morgan fingerprint density at radius 3 is 2.67 bits per heavy atom. The Labute approximate surface area is 108 Å². The highest BCUT2D eigenvalue weighted by Crippen LogP contribution is 2.26. The van der Waals surface area contributed by atoms with Gasteiger partial charge in [-0.15, -0.1) is 0 Å². The number of aromatic nitrogens is 1. The number of hydrogen-bond acceptors (Lipinski definition) is 3. The molecular weight excluding hydrogens is 224 g/mol. The monoisotopic (exact) mass is 242 g/mol. The maximum absolute atomic E-state index is 5.24. The van der Waals surface area contributed by atoms with Crippen LogP contribution in [0.1, 0.15) is 24.1 Å². The number of rotatable bonds is 4. The van der Waals surface area contributed by atoms with Gasteiger partial charge in [0.2, 0.25) is 5.88 Å². The van der Waals surface area contributed by atoms with Crippen LogP contribution in [-0.2, 0) is 0 Å². The summed E-state index contributed by atoms with van der Waals surface area (Å²) in [6.45, 7) is 4.25. The van der Waals surface area contributed by atoms with Gasteiger partial charge in [0.25, 0.3) is 0 Å². The second kappa shape index (κ2) is 5.54. The number of nitrogens with zero attached hydrogens (tertiary/aromatic N) is 1. The number of benzene rings is 1. The van der Waals surface area contributed by atoms with Gasteiger partial charge in [-0.3, -0.25) is 0 Å². The van der Waals surface area contributed by atoms with Gasteiger partial charge >= 0.3 is 0 Å². The summed E-state index contributed by atoms with van der Waals surface area (Å²) >= 11 is 0. The fraction of sp³-hybridized carbons (Fsp3) is 0.267. The minimum absolute atomic E-state index is 0.212. The van der Waals surface area contributed by atoms with Crippen LogP contribution in [0.15, 0.2) is 42.6 Å². The predicted molar refractivity (Wildman–Crippen MR) is 74.0 cm³/mol. The molecule has 1 heterocycles. The molecule has 0 bridgehead atoms. The van der Waals surface area contributed by atoms with E-state index < -0.39 is 0 Å². The average molecular weight is 242 g/mol. The number of hydrogen-bond donors (Lipinski definition) is 1. The molecule has 0 aliphatic carbocycles. The highest BCUT2D eigenvalue weighted by molar-refractivity contribution is 5.53. The van der Waals surface area contributed by atoms with Crippen LogP contribution >= 0.6 is 0 Å². The van der Waals surface area contributed by atoms with Crippen LogP contribution in [0.25, 0.3) is 0 Å². The van der Waals surface area contributed by atoms with Crippen molar-refractivity contribution in [2.75, 3.05) is 12.4 Å². The fourth-order valence-corrected chi connectivity index (χ4v) is 2.05. The van der Waals surface area contributed by atoms with Gasteiger partial charge < -0.3 is 10.1 Å². The minimum atomic E-state index is 0.212. The van der Waals surface area contributed by atoms with E-state index in [9.17, 15) is 0 Å². The highest BCUT2D eigenvalue weighted by atomic mass is 16.5. The summed E-state index contributed by atoms with van der Waals surface area (Å²) in [6, 6.07) is 12.4. The topological polar surface area (TPSA) is 34.1 Å². The molecule has 0 saturated heterocycles. The second-order valence-corrected chi connectivity index (χ2v) is 4.28. The first-order chi connectivity index (χ1) is 8.72. The van der Waals surface area contributed by atoms with Gasteiger partial charge in [-0.2, -0.15) is 0 Å². The SMILES string of the molecule is COc1ncccc1NC(C)c1ccccc1C. The first-order valence-electron chi connectivity index (χ1n) is 6.03. The molecule has 0 amide bonds. The van der Waals surface area contributed by atoms with Crippen LogP contribution < -0.4 is 10.1 Å². The van der Waals surface area contributed by atoms with Crippen molar-refractivity contribution in [1.29, 1.82) is 0 Å². The molecule has 0 aliphatic rings. The van der Waals surface area contributed by atoms with Crippen LogP contribution in [0.4, 0.5) is 5.69 Å². The van der Waals surface area contributed by atoms with Crippen molar-refractivity contribution in [3.63, 3.8) is 0 Å². The number of aryl methyl sites for hydroxylation is 1. The lowest BCUT2D eigenvalue weighted by atomic mass is 10.0. The number of methoxy groups -OCH3 is 1. The summed E-state index contributed by atoms with van der Waals surface area (Å²) in [7, 11) is 1.63. The zero-order valence-corrected chi connectivity index (χ0v) is 11.0. The Morgan fingerprint density at radius 2 is 1.94 bits per heavy atom. The largest absolute Gasteiger partial charge is 0.480 e. The molecule has 94 valence electrons. The van der Waals surface area contributed by atoms with Crippen molar-refractivity contribution in [2.45, 2.75) is 19.9 Å². The van der Waals surface area contributed by atoms with E-state index in [2.05, 4.69) is 48.4 Å². The summed E-state index contributed by atoms with van der Waals surface area (Å²) in [5, 5.41) is 3.43. The Bertz CT molecular complexity index is 525. The lowest BCUT2D eigenvalue weighted by molar-refractivity contribution is 0.399. The molecule has 1 aromatic heterocycles. The summed E-state index contributed by atoms with van der Waals surface area (Å²) in [5.41, 5.74) is 3.47. The molecule has 0 fully saturated rings. The molecule has 0 radical (unpaired) electrons. The van der Waals surface area contributed by atoms with Crippen molar-refractivity contribution in [3.05, 3.63) is 53.7 Å². The lowest BCUT2D eigenvalue weighted by Gasteiger charge is -2.18. The summed E-state index contributed by atoms with van der Waals surface area (Å²) < 4.78 is 5.24. The molecule has 2 aromatic rings. The lowest BCUT2D eigenvalue weighted by Crippen LogP contribution is -2.09. The first-order valence-corrected chi connectivity index (χ1v) is 6.03. The minimum Gasteiger partial charge on any atom is -0.480 e. The molecule has 0 saturated carbocycles. The van der Waals surface area contributed by atoms with Crippen molar-refractivity contribution in [1.82, 2.24) is 4.98 Å². The molecule has 1 aromatic carbocycles. The Morgan fingerprint density at radius 1 is 1.17 bits per heavy atom. The number of anilines is 1. The molecule has 0 spiro atoms. The molecule has 18 heavy (non-hydrogen) atoms. The fourth-order valence-electron chi connectivity index (χ4n) is 2.05. The maximum Gasteiger partial charge on any atom is 0.237 e. The van der Waals surface area contributed by atoms with Crippen LogP contribution in [0, 0.1) is 6.92 Å². The molecule has 1 atom stereocenters. The third-order valence-corrected chi connectivity index (χ3v) is 2.99. The number of nitrogens with one attached hydrogen (secondary N) is 1. The van der Waals surface area contributed by atoms with Crippen molar-refractivity contribution >= 4 is 5.69 Å². The third-order valence-electron chi connectivity index (χ3n) is 2.99. The van der Waals surface area contributed by atoms with E-state index in [4.69, 9.17) is 4.74 Å². The van der Waals surface area contributed by atoms with E-state index in [0.717, 1.165) is 5.69 Å². The Kier molecular flexibility index (Phi) is 3.82. The number of pyridine rings is 1. The zero-order chi connectivity index (χ0) is 13.0. The second-order valence-electron chi connectivity index (χ2n) is 4.28. The van der Waals surface area contributed by atoms with Gasteiger partial charge in [-0.25, -0.2) is 4.98 Å². The van der Waals surface area contributed by atoms with Gasteiger partial charge in [0.1, 0.15) is 0 Å². The van der Waals surface area contributed by atoms with Gasteiger partial charge in [0.05, 0.1) is 12.8 Å². The van der Waals surface area contributed by atoms with Crippen LogP contribution in [0.3, 0.4) is 0 Å². The van der Waals surface area contributed by atoms with E-state index in [-0.39, 0.29) is 6.04 Å². The highest BCUT2D eigenvalue weighted by Gasteiger charge is 2.10. The van der Waals surface area contributed by atoms with Crippen molar-refractivity contribution in [3.8, 4) is 5.88 Å². The smallest absolute Gasteiger partial charge is 0.237 e. The summed E-state index contributed by atoms with van der Waals surface area (Å²) in [4.78, 5) is 4.18. The molecule has 1 unspecified atom stereocenters. The summed E-state index contributed by atoms with van der Waals surface area (Å²) in [6.07, 6.45) is 1.72. The van der Waals surface area contributed by atoms with Crippen LogP contribution in [0.5, 0.6) is 5.88 Å². The van der Waals surface area contributed by atoms with Gasteiger partial charge in [0.15, 0.2) is 0 Å². The maximum atomic E-state index is 5.24. The number of ether oxygens (including phenoxy) is 1. The van der Waals surface area contributed by atoms with Gasteiger partial charge in [0, 0.05) is 12.2 Å². The molecule has 0 aliphatic heterocycles. The average Bonchev–Trinajstić information content (AvgIpc) is 2.39. The molecule has 2 rings (SSSR count). The Balaban J connectivity index is 2.21. The van der Waals surface area contributed by atoms with Crippen molar-refractivity contribution < 1.29 is 4.74 Å². The third kappa shape index (κ3) is 2.62. The molecule has 3 heteroatoms. The normalized spacial score (nSPS) is 11.9. The van der Waals surface area contributed by atoms with Crippen LogP contribution in [0.2, 0.25) is 0 Å². The first kappa shape index (κ1) is 12.4. The van der Waals surface area contributed by atoms with Gasteiger partial charge in [-0.05, 0) is 37.1 Å². The van der Waals surface area contributed by atoms with E-state index in [0.29, 0.717) is 5.88 Å². The quantitative estimate of drug-likeness (QED) is 0.890. The van der Waals surface area contributed by atoms with Gasteiger partial charge in [-0.1, -0.05) is 24.3 Å². The Hall–Kier alpha value is -2.03. The van der Waals surface area contributed by atoms with E-state index in [1.165, 1.54) is 11.1 Å². The van der Waals surface area contributed by atoms with Crippen molar-refractivity contribution in [2.24, 2.45) is 0 Å². The standard InChI is InChI=1S/C15H18N2O/c1-11-7-4-5-8-13(11)12(2)17-14-9-6-10-16-15(14)18-3/h4-10,12,17H,1-3H3. The molecule has 1 N–H and O–H groups in total. The zero-order valence-electron chi connectivity index (χ0n) is 11.0. The molecule has 3 nitrogen and oxygen atoms in total. The van der Waals surface area contributed by atoms with Crippen LogP contribution in [-0.4, -0.2) is 12.1 Å². The van der Waals surface area contributed by atoms with E-state index >= 15 is 0 Å². The van der Waals surface area contributed by atoms with E-state index in [1.54, 1.807) is 13.3 Å². The molecular formula is C15H18N2O. The predicted octanol–water partition coefficient (Wildman–Crippen LogP) is 3.57.